The molecule has 8 nitrogen and oxygen atoms in total. The average molecular weight is 361 g/mol. The molecule has 0 aliphatic carbocycles. The molecule has 0 amide bonds. The third kappa shape index (κ3) is 3.45. The van der Waals surface area contributed by atoms with E-state index >= 15 is 0 Å². The highest BCUT2D eigenvalue weighted by molar-refractivity contribution is 5.63. The summed E-state index contributed by atoms with van der Waals surface area (Å²) in [5, 5.41) is 8.09. The number of nitrogens with zero attached hydrogens (tertiary/aromatic N) is 6. The van der Waals surface area contributed by atoms with E-state index in [9.17, 15) is 13.6 Å². The number of aromatic nitrogens is 6. The Morgan fingerprint density at radius 1 is 1.27 bits per heavy atom. The van der Waals surface area contributed by atoms with Gasteiger partial charge in [0.15, 0.2) is 0 Å². The summed E-state index contributed by atoms with van der Waals surface area (Å²) in [6, 6.07) is 3.50. The highest BCUT2D eigenvalue weighted by atomic mass is 19.3. The number of aryl methyl sites for hydroxylation is 1. The first-order chi connectivity index (χ1) is 12.5. The normalized spacial score (nSPS) is 10.9. The van der Waals surface area contributed by atoms with E-state index in [-0.39, 0.29) is 18.7 Å². The summed E-state index contributed by atoms with van der Waals surface area (Å²) in [4.78, 5) is 16.6. The number of rotatable bonds is 6. The average Bonchev–Trinajstić information content (AvgIpc) is 3.26. The van der Waals surface area contributed by atoms with Gasteiger partial charge in [0, 0.05) is 36.6 Å². The van der Waals surface area contributed by atoms with E-state index in [4.69, 9.17) is 5.73 Å². The summed E-state index contributed by atoms with van der Waals surface area (Å²) in [5.74, 6) is 0.335. The molecule has 0 saturated heterocycles. The minimum Gasteiger partial charge on any atom is -0.327 e. The third-order valence-corrected chi connectivity index (χ3v) is 3.87. The van der Waals surface area contributed by atoms with Crippen LogP contribution in [0.1, 0.15) is 6.92 Å². The zero-order chi connectivity index (χ0) is 18.7. The Labute approximate surface area is 147 Å². The molecule has 3 aromatic heterocycles. The fourth-order valence-corrected chi connectivity index (χ4v) is 2.40. The number of pyridine rings is 1. The maximum Gasteiger partial charge on any atom is 0.351 e. The predicted molar refractivity (Wildman–Crippen MR) is 90.8 cm³/mol. The van der Waals surface area contributed by atoms with Crippen molar-refractivity contribution < 1.29 is 8.78 Å². The lowest BCUT2D eigenvalue weighted by molar-refractivity contribution is 0.400. The number of hydrogen-bond acceptors (Lipinski definition) is 5. The van der Waals surface area contributed by atoms with Gasteiger partial charge < -0.3 is 5.73 Å². The van der Waals surface area contributed by atoms with Crippen LogP contribution in [0.25, 0.3) is 16.9 Å². The lowest BCUT2D eigenvalue weighted by atomic mass is 10.1. The molecule has 0 saturated carbocycles. The lowest BCUT2D eigenvalue weighted by Gasteiger charge is -2.03. The van der Waals surface area contributed by atoms with Crippen molar-refractivity contribution >= 4 is 0 Å². The second-order valence-corrected chi connectivity index (χ2v) is 5.50. The summed E-state index contributed by atoms with van der Waals surface area (Å²) in [6.45, 7) is 2.00. The third-order valence-electron chi connectivity index (χ3n) is 3.87. The van der Waals surface area contributed by atoms with Gasteiger partial charge in [0.2, 0.25) is 0 Å². The van der Waals surface area contributed by atoms with Crippen LogP contribution in [0.4, 0.5) is 8.78 Å². The van der Waals surface area contributed by atoms with Crippen molar-refractivity contribution in [3.63, 3.8) is 0 Å². The molecular formula is C16H17F2N7O. The van der Waals surface area contributed by atoms with E-state index in [1.807, 2.05) is 13.1 Å². The Hall–Kier alpha value is -3.14. The van der Waals surface area contributed by atoms with E-state index in [0.717, 1.165) is 22.4 Å². The standard InChI is InChI=1S/C16H17F2N7O/c1-2-23-8-13(7-21-23)11-3-4-20-14(5-11)24-10-22-25(16(24)26)9-12(6-19)15(17)18/h3-5,7-8,10H,2,6,9,19H2,1H3. The van der Waals surface area contributed by atoms with Gasteiger partial charge in [-0.15, -0.1) is 0 Å². The number of halogens is 2. The highest BCUT2D eigenvalue weighted by Crippen LogP contribution is 2.19. The van der Waals surface area contributed by atoms with Gasteiger partial charge in [-0.05, 0) is 24.6 Å². The van der Waals surface area contributed by atoms with E-state index < -0.39 is 11.8 Å². The monoisotopic (exact) mass is 361 g/mol. The topological polar surface area (TPSA) is 96.5 Å². The molecule has 0 fully saturated rings. The predicted octanol–water partition coefficient (Wildman–Crippen LogP) is 1.42. The summed E-state index contributed by atoms with van der Waals surface area (Å²) < 4.78 is 29.4. The molecule has 0 bridgehead atoms. The molecule has 3 heterocycles. The van der Waals surface area contributed by atoms with Gasteiger partial charge in [0.25, 0.3) is 6.08 Å². The quantitative estimate of drug-likeness (QED) is 0.716. The summed E-state index contributed by atoms with van der Waals surface area (Å²) in [6.07, 6.45) is 4.51. The van der Waals surface area contributed by atoms with Crippen molar-refractivity contribution in [2.45, 2.75) is 20.0 Å². The van der Waals surface area contributed by atoms with Crippen LogP contribution in [0, 0.1) is 0 Å². The molecule has 0 spiro atoms. The van der Waals surface area contributed by atoms with Gasteiger partial charge in [-0.1, -0.05) is 0 Å². The minimum atomic E-state index is -1.90. The smallest absolute Gasteiger partial charge is 0.327 e. The molecule has 26 heavy (non-hydrogen) atoms. The largest absolute Gasteiger partial charge is 0.351 e. The van der Waals surface area contributed by atoms with Crippen LogP contribution in [-0.4, -0.2) is 35.7 Å². The van der Waals surface area contributed by atoms with Crippen molar-refractivity contribution in [1.29, 1.82) is 0 Å². The van der Waals surface area contributed by atoms with Gasteiger partial charge in [-0.3, -0.25) is 4.68 Å². The molecule has 10 heteroatoms. The van der Waals surface area contributed by atoms with Gasteiger partial charge in [0.1, 0.15) is 12.1 Å². The van der Waals surface area contributed by atoms with Crippen LogP contribution in [0.5, 0.6) is 0 Å². The summed E-state index contributed by atoms with van der Waals surface area (Å²) >= 11 is 0. The fraction of sp³-hybridized carbons (Fsp3) is 0.250. The number of hydrogen-bond donors (Lipinski definition) is 1. The first kappa shape index (κ1) is 17.7. The van der Waals surface area contributed by atoms with E-state index in [1.165, 1.54) is 10.9 Å². The van der Waals surface area contributed by atoms with Crippen LogP contribution in [0.15, 0.2) is 53.5 Å². The highest BCUT2D eigenvalue weighted by Gasteiger charge is 2.13. The van der Waals surface area contributed by atoms with Crippen LogP contribution >= 0.6 is 0 Å². The second-order valence-electron chi connectivity index (χ2n) is 5.50. The lowest BCUT2D eigenvalue weighted by Crippen LogP contribution is -2.26. The molecule has 136 valence electrons. The molecule has 3 rings (SSSR count). The Morgan fingerprint density at radius 2 is 2.08 bits per heavy atom. The van der Waals surface area contributed by atoms with Crippen LogP contribution in [0.2, 0.25) is 0 Å². The molecule has 0 radical (unpaired) electrons. The van der Waals surface area contributed by atoms with Gasteiger partial charge in [-0.25, -0.2) is 19.0 Å². The molecular weight excluding hydrogens is 344 g/mol. The van der Waals surface area contributed by atoms with Crippen LogP contribution in [0.3, 0.4) is 0 Å². The minimum absolute atomic E-state index is 0.335. The molecule has 2 N–H and O–H groups in total. The summed E-state index contributed by atoms with van der Waals surface area (Å²) in [7, 11) is 0. The van der Waals surface area contributed by atoms with Gasteiger partial charge in [0.05, 0.1) is 12.7 Å². The zero-order valence-electron chi connectivity index (χ0n) is 14.0. The second kappa shape index (κ2) is 7.40. The Bertz CT molecular complexity index is 998. The summed E-state index contributed by atoms with van der Waals surface area (Å²) in [5.41, 5.74) is 6.06. The number of nitrogens with two attached hydrogens (primary N) is 1. The van der Waals surface area contributed by atoms with Crippen molar-refractivity contribution in [2.24, 2.45) is 5.73 Å². The molecule has 0 unspecified atom stereocenters. The van der Waals surface area contributed by atoms with Crippen molar-refractivity contribution in [2.75, 3.05) is 6.54 Å². The van der Waals surface area contributed by atoms with Crippen molar-refractivity contribution in [1.82, 2.24) is 29.1 Å². The fourth-order valence-electron chi connectivity index (χ4n) is 2.40. The molecule has 0 atom stereocenters. The molecule has 3 aromatic rings. The zero-order valence-corrected chi connectivity index (χ0v) is 14.0. The van der Waals surface area contributed by atoms with Gasteiger partial charge in [-0.2, -0.15) is 19.0 Å². The Morgan fingerprint density at radius 3 is 2.73 bits per heavy atom. The maximum atomic E-state index is 12.7. The van der Waals surface area contributed by atoms with E-state index in [1.54, 1.807) is 29.2 Å². The maximum absolute atomic E-state index is 12.7. The van der Waals surface area contributed by atoms with Crippen molar-refractivity contribution in [3.8, 4) is 16.9 Å². The van der Waals surface area contributed by atoms with Crippen molar-refractivity contribution in [3.05, 3.63) is 59.2 Å². The van der Waals surface area contributed by atoms with E-state index in [0.29, 0.717) is 5.82 Å². The van der Waals surface area contributed by atoms with Crippen LogP contribution < -0.4 is 11.4 Å². The molecule has 0 aliphatic heterocycles. The Balaban J connectivity index is 1.94. The SMILES string of the molecule is CCn1cc(-c2ccnc(-n3cnn(CC(CN)=C(F)F)c3=O)c2)cn1. The first-order valence-corrected chi connectivity index (χ1v) is 7.90. The molecule has 0 aliphatic rings. The van der Waals surface area contributed by atoms with Crippen LogP contribution in [-0.2, 0) is 13.1 Å². The molecule has 0 aromatic carbocycles. The van der Waals surface area contributed by atoms with Gasteiger partial charge >= 0.3 is 5.69 Å². The van der Waals surface area contributed by atoms with E-state index in [2.05, 4.69) is 15.2 Å². The first-order valence-electron chi connectivity index (χ1n) is 7.90. The Kier molecular flexibility index (Phi) is 5.03.